The van der Waals surface area contributed by atoms with Crippen molar-refractivity contribution in [1.82, 2.24) is 5.32 Å². The van der Waals surface area contributed by atoms with E-state index in [-0.39, 0.29) is 5.91 Å². The second-order valence-corrected chi connectivity index (χ2v) is 3.86. The van der Waals surface area contributed by atoms with Crippen molar-refractivity contribution in [3.63, 3.8) is 0 Å². The lowest BCUT2D eigenvalue weighted by atomic mass is 10.1. The van der Waals surface area contributed by atoms with Crippen LogP contribution in [-0.2, 0) is 4.79 Å². The third-order valence-electron chi connectivity index (χ3n) is 2.72. The fourth-order valence-corrected chi connectivity index (χ4v) is 1.90. The number of nitrogens with one attached hydrogen (secondary N) is 1. The lowest BCUT2D eigenvalue weighted by molar-refractivity contribution is -0.117. The molecule has 1 aromatic carbocycles. The number of hydrogen-bond donors (Lipinski definition) is 1. The van der Waals surface area contributed by atoms with E-state index in [4.69, 9.17) is 0 Å². The van der Waals surface area contributed by atoms with Crippen LogP contribution in [-0.4, -0.2) is 25.5 Å². The van der Waals surface area contributed by atoms with Crippen molar-refractivity contribution in [2.24, 2.45) is 0 Å². The van der Waals surface area contributed by atoms with Gasteiger partial charge in [0.05, 0.1) is 6.54 Å². The van der Waals surface area contributed by atoms with Crippen LogP contribution in [0.25, 0.3) is 0 Å². The third kappa shape index (κ3) is 2.18. The summed E-state index contributed by atoms with van der Waals surface area (Å²) in [5.74, 6) is 0.168. The van der Waals surface area contributed by atoms with Gasteiger partial charge in [-0.25, -0.2) is 0 Å². The summed E-state index contributed by atoms with van der Waals surface area (Å²) in [4.78, 5) is 13.7. The van der Waals surface area contributed by atoms with Crippen LogP contribution in [0.5, 0.6) is 0 Å². The Kier molecular flexibility index (Phi) is 3.02. The first-order chi connectivity index (χ1) is 7.29. The Morgan fingerprint density at radius 3 is 2.93 bits per heavy atom. The van der Waals surface area contributed by atoms with Gasteiger partial charge in [-0.05, 0) is 31.5 Å². The largest absolute Gasteiger partial charge is 0.311 e. The van der Waals surface area contributed by atoms with E-state index in [0.29, 0.717) is 6.54 Å². The molecule has 1 aromatic rings. The zero-order valence-corrected chi connectivity index (χ0v) is 8.99. The molecule has 2 rings (SSSR count). The third-order valence-corrected chi connectivity index (χ3v) is 2.72. The van der Waals surface area contributed by atoms with E-state index >= 15 is 0 Å². The van der Waals surface area contributed by atoms with Crippen LogP contribution < -0.4 is 10.2 Å². The number of benzene rings is 1. The maximum atomic E-state index is 11.8. The van der Waals surface area contributed by atoms with Gasteiger partial charge in [0, 0.05) is 12.2 Å². The summed E-state index contributed by atoms with van der Waals surface area (Å²) in [6.45, 7) is 4.24. The Labute approximate surface area is 90.1 Å². The van der Waals surface area contributed by atoms with Gasteiger partial charge in [-0.3, -0.25) is 4.79 Å². The number of nitrogens with zero attached hydrogens (tertiary/aromatic N) is 1. The van der Waals surface area contributed by atoms with Gasteiger partial charge in [0.25, 0.3) is 0 Å². The van der Waals surface area contributed by atoms with Crippen LogP contribution in [0.1, 0.15) is 12.0 Å². The highest BCUT2D eigenvalue weighted by molar-refractivity contribution is 5.95. The molecule has 0 atom stereocenters. The number of rotatable bonds is 1. The molecule has 0 spiro atoms. The zero-order valence-electron chi connectivity index (χ0n) is 8.99. The van der Waals surface area contributed by atoms with Gasteiger partial charge in [-0.2, -0.15) is 0 Å². The fourth-order valence-electron chi connectivity index (χ4n) is 1.90. The molecule has 80 valence electrons. The molecule has 3 heteroatoms. The average Bonchev–Trinajstić information content (AvgIpc) is 2.44. The minimum absolute atomic E-state index is 0.168. The lowest BCUT2D eigenvalue weighted by Gasteiger charge is -2.22. The number of amides is 1. The number of carbonyl (C=O) groups excluding carboxylic acids is 1. The molecule has 15 heavy (non-hydrogen) atoms. The second kappa shape index (κ2) is 4.45. The summed E-state index contributed by atoms with van der Waals surface area (Å²) in [6.07, 6.45) is 1.01. The Bertz CT molecular complexity index is 362. The molecule has 1 N–H and O–H groups in total. The normalized spacial score (nSPS) is 17.7. The Balaban J connectivity index is 2.28. The number of para-hydroxylation sites is 1. The molecule has 0 saturated carbocycles. The average molecular weight is 204 g/mol. The van der Waals surface area contributed by atoms with Crippen molar-refractivity contribution in [1.29, 1.82) is 0 Å². The molecule has 1 amide bonds. The predicted molar refractivity (Wildman–Crippen MR) is 61.0 cm³/mol. The van der Waals surface area contributed by atoms with Crippen molar-refractivity contribution in [3.05, 3.63) is 29.8 Å². The standard InChI is InChI=1S/C12H16N2O/c1-10-5-2-3-6-11(10)14-8-4-7-13-9-12(14)15/h2-3,5-6,13H,4,7-9H2,1H3. The van der Waals surface area contributed by atoms with E-state index in [1.54, 1.807) is 0 Å². The van der Waals surface area contributed by atoms with Crippen molar-refractivity contribution >= 4 is 11.6 Å². The minimum atomic E-state index is 0.168. The van der Waals surface area contributed by atoms with Crippen molar-refractivity contribution < 1.29 is 4.79 Å². The number of carbonyl (C=O) groups is 1. The quantitative estimate of drug-likeness (QED) is 0.748. The summed E-state index contributed by atoms with van der Waals surface area (Å²) in [7, 11) is 0. The fraction of sp³-hybridized carbons (Fsp3) is 0.417. The van der Waals surface area contributed by atoms with Crippen LogP contribution in [0.4, 0.5) is 5.69 Å². The van der Waals surface area contributed by atoms with Gasteiger partial charge in [-0.1, -0.05) is 18.2 Å². The molecule has 0 bridgehead atoms. The maximum absolute atomic E-state index is 11.8. The van der Waals surface area contributed by atoms with Crippen LogP contribution in [0.2, 0.25) is 0 Å². The van der Waals surface area contributed by atoms with Gasteiger partial charge >= 0.3 is 0 Å². The maximum Gasteiger partial charge on any atom is 0.240 e. The highest BCUT2D eigenvalue weighted by Gasteiger charge is 2.18. The van der Waals surface area contributed by atoms with E-state index < -0.39 is 0 Å². The van der Waals surface area contributed by atoms with Gasteiger partial charge in [0.15, 0.2) is 0 Å². The molecule has 1 aliphatic heterocycles. The Morgan fingerprint density at radius 2 is 2.13 bits per heavy atom. The predicted octanol–water partition coefficient (Wildman–Crippen LogP) is 1.32. The van der Waals surface area contributed by atoms with E-state index in [2.05, 4.69) is 5.32 Å². The molecule has 0 radical (unpaired) electrons. The highest BCUT2D eigenvalue weighted by Crippen LogP contribution is 2.20. The lowest BCUT2D eigenvalue weighted by Crippen LogP contribution is -2.35. The van der Waals surface area contributed by atoms with Crippen molar-refractivity contribution in [2.45, 2.75) is 13.3 Å². The molecular formula is C12H16N2O. The zero-order chi connectivity index (χ0) is 10.7. The number of anilines is 1. The molecule has 1 aliphatic rings. The summed E-state index contributed by atoms with van der Waals surface area (Å²) >= 11 is 0. The van der Waals surface area contributed by atoms with Gasteiger partial charge in [0.2, 0.25) is 5.91 Å². The molecule has 1 saturated heterocycles. The molecule has 1 heterocycles. The van der Waals surface area contributed by atoms with Crippen LogP contribution in [0.15, 0.2) is 24.3 Å². The summed E-state index contributed by atoms with van der Waals surface area (Å²) < 4.78 is 0. The Morgan fingerprint density at radius 1 is 1.33 bits per heavy atom. The smallest absolute Gasteiger partial charge is 0.240 e. The van der Waals surface area contributed by atoms with Gasteiger partial charge < -0.3 is 10.2 Å². The van der Waals surface area contributed by atoms with Crippen LogP contribution in [0.3, 0.4) is 0 Å². The van der Waals surface area contributed by atoms with E-state index in [9.17, 15) is 4.79 Å². The SMILES string of the molecule is Cc1ccccc1N1CCCNCC1=O. The molecular weight excluding hydrogens is 188 g/mol. The highest BCUT2D eigenvalue weighted by atomic mass is 16.2. The van der Waals surface area contributed by atoms with Crippen molar-refractivity contribution in [3.8, 4) is 0 Å². The molecule has 1 fully saturated rings. The van der Waals surface area contributed by atoms with Gasteiger partial charge in [-0.15, -0.1) is 0 Å². The summed E-state index contributed by atoms with van der Waals surface area (Å²) in [5.41, 5.74) is 2.21. The summed E-state index contributed by atoms with van der Waals surface area (Å²) in [5, 5.41) is 3.12. The monoisotopic (exact) mass is 204 g/mol. The molecule has 0 aromatic heterocycles. The first kappa shape index (κ1) is 10.2. The van der Waals surface area contributed by atoms with Gasteiger partial charge in [0.1, 0.15) is 0 Å². The van der Waals surface area contributed by atoms with E-state index in [1.807, 2.05) is 36.1 Å². The second-order valence-electron chi connectivity index (χ2n) is 3.86. The summed E-state index contributed by atoms with van der Waals surface area (Å²) in [6, 6.07) is 8.03. The minimum Gasteiger partial charge on any atom is -0.311 e. The van der Waals surface area contributed by atoms with Crippen molar-refractivity contribution in [2.75, 3.05) is 24.5 Å². The van der Waals surface area contributed by atoms with E-state index in [0.717, 1.165) is 30.8 Å². The Hall–Kier alpha value is -1.35. The number of hydrogen-bond acceptors (Lipinski definition) is 2. The van der Waals surface area contributed by atoms with Crippen LogP contribution >= 0.6 is 0 Å². The first-order valence-electron chi connectivity index (χ1n) is 5.36. The van der Waals surface area contributed by atoms with E-state index in [1.165, 1.54) is 0 Å². The molecule has 0 unspecified atom stereocenters. The molecule has 0 aliphatic carbocycles. The first-order valence-corrected chi connectivity index (χ1v) is 5.36. The molecule has 3 nitrogen and oxygen atoms in total. The number of aryl methyl sites for hydroxylation is 1. The topological polar surface area (TPSA) is 32.3 Å². The van der Waals surface area contributed by atoms with Crippen LogP contribution in [0, 0.1) is 6.92 Å².